The maximum Gasteiger partial charge on any atom is 0.192 e. The largest absolute Gasteiger partial charge is 0.302 e. The van der Waals surface area contributed by atoms with Crippen molar-refractivity contribution < 1.29 is 0 Å². The number of aromatic nitrogens is 3. The summed E-state index contributed by atoms with van der Waals surface area (Å²) in [6.45, 7) is 4.92. The van der Waals surface area contributed by atoms with Gasteiger partial charge in [-0.2, -0.15) is 5.26 Å². The molecule has 3 rings (SSSR count). The van der Waals surface area contributed by atoms with Gasteiger partial charge in [-0.25, -0.2) is 0 Å². The Labute approximate surface area is 150 Å². The van der Waals surface area contributed by atoms with Gasteiger partial charge >= 0.3 is 0 Å². The first-order chi connectivity index (χ1) is 11.7. The molecule has 0 spiro atoms. The Morgan fingerprint density at radius 1 is 1.25 bits per heavy atom. The van der Waals surface area contributed by atoms with Crippen molar-refractivity contribution in [3.8, 4) is 16.8 Å². The number of hydrogen-bond donors (Lipinski definition) is 0. The lowest BCUT2D eigenvalue weighted by molar-refractivity contribution is 0.687. The lowest BCUT2D eigenvalue weighted by Crippen LogP contribution is -2.07. The maximum atomic E-state index is 9.53. The van der Waals surface area contributed by atoms with Crippen LogP contribution in [0.2, 0.25) is 0 Å². The maximum absolute atomic E-state index is 9.53. The molecule has 0 unspecified atom stereocenters. The van der Waals surface area contributed by atoms with Gasteiger partial charge in [0.05, 0.1) is 10.9 Å². The Balaban J connectivity index is 1.79. The van der Waals surface area contributed by atoms with Crippen molar-refractivity contribution in [2.24, 2.45) is 0 Å². The number of rotatable bonds is 6. The average Bonchev–Trinajstić information content (AvgIpc) is 3.25. The SMILES string of the molecule is CCn1c(S[C@@H](C#N)Cc2ccc(C)cc2)nnc1-c1cccs1. The summed E-state index contributed by atoms with van der Waals surface area (Å²) < 4.78 is 2.08. The number of benzene rings is 1. The summed E-state index contributed by atoms with van der Waals surface area (Å²) in [5.41, 5.74) is 2.40. The van der Waals surface area contributed by atoms with E-state index in [1.165, 1.54) is 22.9 Å². The topological polar surface area (TPSA) is 54.5 Å². The lowest BCUT2D eigenvalue weighted by atomic mass is 10.1. The third-order valence-electron chi connectivity index (χ3n) is 3.71. The van der Waals surface area contributed by atoms with Crippen LogP contribution in [0, 0.1) is 18.3 Å². The van der Waals surface area contributed by atoms with Crippen LogP contribution >= 0.6 is 23.1 Å². The van der Waals surface area contributed by atoms with Crippen molar-refractivity contribution in [1.29, 1.82) is 5.26 Å². The summed E-state index contributed by atoms with van der Waals surface area (Å²) in [5.74, 6) is 0.877. The molecular weight excluding hydrogens is 336 g/mol. The Morgan fingerprint density at radius 3 is 2.67 bits per heavy atom. The Bertz CT molecular complexity index is 829. The quantitative estimate of drug-likeness (QED) is 0.609. The van der Waals surface area contributed by atoms with Crippen LogP contribution in [0.25, 0.3) is 10.7 Å². The standard InChI is InChI=1S/C18H18N4S2/c1-3-22-17(16-5-4-10-23-16)20-21-18(22)24-15(12-19)11-14-8-6-13(2)7-9-14/h4-10,15H,3,11H2,1-2H3/t15-/m1/s1. The molecule has 0 N–H and O–H groups in total. The van der Waals surface area contributed by atoms with E-state index in [0.717, 1.165) is 22.4 Å². The van der Waals surface area contributed by atoms with Crippen molar-refractivity contribution in [3.05, 3.63) is 52.9 Å². The Morgan fingerprint density at radius 2 is 2.04 bits per heavy atom. The van der Waals surface area contributed by atoms with Crippen molar-refractivity contribution in [3.63, 3.8) is 0 Å². The molecule has 0 fully saturated rings. The van der Waals surface area contributed by atoms with Gasteiger partial charge in [-0.1, -0.05) is 47.7 Å². The van der Waals surface area contributed by atoms with E-state index in [4.69, 9.17) is 0 Å². The van der Waals surface area contributed by atoms with Crippen molar-refractivity contribution in [2.75, 3.05) is 0 Å². The highest BCUT2D eigenvalue weighted by Crippen LogP contribution is 2.30. The fourth-order valence-electron chi connectivity index (χ4n) is 2.43. The molecule has 0 aliphatic carbocycles. The van der Waals surface area contributed by atoms with Crippen LogP contribution in [-0.2, 0) is 13.0 Å². The predicted molar refractivity (Wildman–Crippen MR) is 99.2 cm³/mol. The molecule has 2 heterocycles. The van der Waals surface area contributed by atoms with Crippen LogP contribution in [0.4, 0.5) is 0 Å². The molecule has 0 aliphatic heterocycles. The number of nitriles is 1. The van der Waals surface area contributed by atoms with E-state index in [9.17, 15) is 5.26 Å². The van der Waals surface area contributed by atoms with Gasteiger partial charge < -0.3 is 4.57 Å². The van der Waals surface area contributed by atoms with E-state index in [1.54, 1.807) is 11.3 Å². The van der Waals surface area contributed by atoms with Crippen LogP contribution < -0.4 is 0 Å². The van der Waals surface area contributed by atoms with Gasteiger partial charge in [0.25, 0.3) is 0 Å². The Hall–Kier alpha value is -2.10. The zero-order valence-corrected chi connectivity index (χ0v) is 15.3. The van der Waals surface area contributed by atoms with E-state index in [0.29, 0.717) is 6.42 Å². The minimum atomic E-state index is -0.182. The van der Waals surface area contributed by atoms with Gasteiger partial charge in [0.15, 0.2) is 11.0 Å². The molecule has 6 heteroatoms. The molecule has 0 saturated heterocycles. The second kappa shape index (κ2) is 7.65. The minimum Gasteiger partial charge on any atom is -0.302 e. The number of thiophene rings is 1. The van der Waals surface area contributed by atoms with Gasteiger partial charge in [-0.3, -0.25) is 0 Å². The predicted octanol–water partition coefficient (Wildman–Crippen LogP) is 4.56. The molecule has 3 aromatic rings. The zero-order chi connectivity index (χ0) is 16.9. The molecule has 122 valence electrons. The first-order valence-corrected chi connectivity index (χ1v) is 9.56. The van der Waals surface area contributed by atoms with E-state index >= 15 is 0 Å². The van der Waals surface area contributed by atoms with Gasteiger partial charge in [0.1, 0.15) is 5.25 Å². The third kappa shape index (κ3) is 3.69. The summed E-state index contributed by atoms with van der Waals surface area (Å²) in [4.78, 5) is 1.10. The summed E-state index contributed by atoms with van der Waals surface area (Å²) in [6, 6.07) is 14.8. The van der Waals surface area contributed by atoms with Gasteiger partial charge in [0.2, 0.25) is 0 Å². The molecule has 0 aliphatic rings. The number of hydrogen-bond acceptors (Lipinski definition) is 5. The van der Waals surface area contributed by atoms with Crippen LogP contribution in [0.1, 0.15) is 18.1 Å². The van der Waals surface area contributed by atoms with Crippen LogP contribution in [0.3, 0.4) is 0 Å². The summed E-state index contributed by atoms with van der Waals surface area (Å²) in [6.07, 6.45) is 0.701. The summed E-state index contributed by atoms with van der Waals surface area (Å²) >= 11 is 3.14. The third-order valence-corrected chi connectivity index (χ3v) is 5.64. The molecule has 1 aromatic carbocycles. The van der Waals surface area contributed by atoms with Crippen LogP contribution in [0.5, 0.6) is 0 Å². The van der Waals surface area contributed by atoms with Gasteiger partial charge in [0, 0.05) is 6.54 Å². The summed E-state index contributed by atoms with van der Waals surface area (Å²) in [7, 11) is 0. The molecular formula is C18H18N4S2. The summed E-state index contributed by atoms with van der Waals surface area (Å²) in [5, 5.41) is 20.8. The second-order valence-corrected chi connectivity index (χ2v) is 7.57. The highest BCUT2D eigenvalue weighted by Gasteiger charge is 2.18. The van der Waals surface area contributed by atoms with Gasteiger partial charge in [-0.15, -0.1) is 21.5 Å². The van der Waals surface area contributed by atoms with Crippen LogP contribution in [-0.4, -0.2) is 20.0 Å². The van der Waals surface area contributed by atoms with Crippen molar-refractivity contribution in [2.45, 2.75) is 37.2 Å². The first kappa shape index (κ1) is 16.7. The van der Waals surface area contributed by atoms with E-state index < -0.39 is 0 Å². The molecule has 0 bridgehead atoms. The highest BCUT2D eigenvalue weighted by molar-refractivity contribution is 8.00. The van der Waals surface area contributed by atoms with E-state index in [1.807, 2.05) is 17.5 Å². The van der Waals surface area contributed by atoms with E-state index in [2.05, 4.69) is 58.9 Å². The second-order valence-electron chi connectivity index (χ2n) is 5.45. The minimum absolute atomic E-state index is 0.182. The van der Waals surface area contributed by atoms with Gasteiger partial charge in [-0.05, 0) is 37.3 Å². The van der Waals surface area contributed by atoms with Crippen LogP contribution in [0.15, 0.2) is 46.9 Å². The molecule has 0 amide bonds. The van der Waals surface area contributed by atoms with E-state index in [-0.39, 0.29) is 5.25 Å². The number of nitrogens with zero attached hydrogens (tertiary/aromatic N) is 4. The fourth-order valence-corrected chi connectivity index (χ4v) is 4.16. The molecule has 24 heavy (non-hydrogen) atoms. The average molecular weight is 355 g/mol. The fraction of sp³-hybridized carbons (Fsp3) is 0.278. The molecule has 4 nitrogen and oxygen atoms in total. The molecule has 1 atom stereocenters. The smallest absolute Gasteiger partial charge is 0.192 e. The normalized spacial score (nSPS) is 12.0. The zero-order valence-electron chi connectivity index (χ0n) is 13.6. The first-order valence-electron chi connectivity index (χ1n) is 7.80. The Kier molecular flexibility index (Phi) is 5.34. The lowest BCUT2D eigenvalue weighted by Gasteiger charge is -2.10. The number of aryl methyl sites for hydroxylation is 1. The molecule has 0 saturated carbocycles. The monoisotopic (exact) mass is 354 g/mol. The van der Waals surface area contributed by atoms with Crippen molar-refractivity contribution >= 4 is 23.1 Å². The number of thioether (sulfide) groups is 1. The molecule has 0 radical (unpaired) electrons. The molecule has 2 aromatic heterocycles. The highest BCUT2D eigenvalue weighted by atomic mass is 32.2. The van der Waals surface area contributed by atoms with Crippen molar-refractivity contribution in [1.82, 2.24) is 14.8 Å².